The summed E-state index contributed by atoms with van der Waals surface area (Å²) in [6, 6.07) is 36.9. The van der Waals surface area contributed by atoms with Gasteiger partial charge in [0.15, 0.2) is 31.5 Å². The minimum absolute atomic E-state index is 0.115. The van der Waals surface area contributed by atoms with Crippen molar-refractivity contribution in [2.45, 2.75) is 129 Å². The third-order valence-electron chi connectivity index (χ3n) is 13.2. The number of carbonyl (C=O) groups excluding carboxylic acids is 1. The Kier molecular flexibility index (Phi) is 20.4. The molecule has 2 unspecified atom stereocenters. The van der Waals surface area contributed by atoms with Gasteiger partial charge in [0.1, 0.15) is 38.5 Å². The van der Waals surface area contributed by atoms with Gasteiger partial charge < -0.3 is 28.6 Å². The molecule has 1 saturated heterocycles. The Hall–Kier alpha value is -4.28. The zero-order valence-corrected chi connectivity index (χ0v) is 48.3. The molecule has 18 heteroatoms. The van der Waals surface area contributed by atoms with Gasteiger partial charge in [0.2, 0.25) is 6.54 Å². The summed E-state index contributed by atoms with van der Waals surface area (Å²) in [5.74, 6) is -0.0237. The van der Waals surface area contributed by atoms with E-state index in [2.05, 4.69) is 190 Å². The first kappa shape index (κ1) is 57.0. The summed E-state index contributed by atoms with van der Waals surface area (Å²) in [5, 5.41) is 2.79. The minimum Gasteiger partial charge on any atom is -0.407 e. The highest BCUT2D eigenvalue weighted by atomic mass is 33.2. The van der Waals surface area contributed by atoms with Gasteiger partial charge in [-0.3, -0.25) is 14.0 Å². The predicted octanol–water partition coefficient (Wildman–Crippen LogP) is 12.1. The van der Waals surface area contributed by atoms with Gasteiger partial charge in [-0.15, -0.1) is 0 Å². The van der Waals surface area contributed by atoms with Crippen LogP contribution in [-0.2, 0) is 64.2 Å². The first-order chi connectivity index (χ1) is 34.4. The highest BCUT2D eigenvalue weighted by molar-refractivity contribution is 8.51. The first-order valence-electron chi connectivity index (χ1n) is 24.2. The van der Waals surface area contributed by atoms with E-state index >= 15 is 0 Å². The van der Waals surface area contributed by atoms with Crippen LogP contribution in [0.3, 0.4) is 0 Å². The summed E-state index contributed by atoms with van der Waals surface area (Å²) >= 11 is 8.66. The molecule has 1 fully saturated rings. The monoisotopic (exact) mass is 1080 g/mol. The van der Waals surface area contributed by atoms with Crippen LogP contribution in [-0.4, -0.2) is 88.1 Å². The average molecular weight is 1080 g/mol. The van der Waals surface area contributed by atoms with E-state index in [1.165, 1.54) is 24.1 Å². The lowest BCUT2D eigenvalue weighted by Gasteiger charge is -2.43. The number of aryl methyl sites for hydroxylation is 2. The molecule has 7 rings (SSSR count). The Bertz CT molecular complexity index is 2770. The molecule has 0 aliphatic carbocycles. The molecule has 0 bridgehead atoms. The van der Waals surface area contributed by atoms with Crippen LogP contribution in [0.2, 0.25) is 18.1 Å². The van der Waals surface area contributed by atoms with Crippen molar-refractivity contribution in [3.63, 3.8) is 0 Å². The standard InChI is InChI=1S/C54H68N7O5PSi.S4/c1-37(2)61(38(3)4)67(33-19-32-55-10)65-47-45(34-63-54(42-22-17-14-18-23-42,43-28-24-39(5)25-29-43)44-30-26-40(6)27-31-44)64-52(48(47)66-68(11,12)53(7,8)9)60-36-58-46-49(56-35-57-50(46)60)59-51(62)41-20-15-13-16-21-41;1-3-4-2/h13-18,20-31,35-38,45,47-48,52H,19,32-34H2,1-9,11-12H3,(H,56,57,59,62);/t45-,47?,48+,52-,67?;/m1./s1. The maximum atomic E-state index is 13.5. The van der Waals surface area contributed by atoms with Gasteiger partial charge in [0, 0.05) is 70.4 Å². The number of rotatable bonds is 19. The number of carbonyl (C=O) groups is 1. The van der Waals surface area contributed by atoms with E-state index in [0.717, 1.165) is 27.8 Å². The fraction of sp³-hybridized carbons (Fsp3) is 0.426. The van der Waals surface area contributed by atoms with E-state index < -0.39 is 46.8 Å². The van der Waals surface area contributed by atoms with Gasteiger partial charge in [-0.2, -0.15) is 0 Å². The molecule has 4 aromatic carbocycles. The van der Waals surface area contributed by atoms with Crippen molar-refractivity contribution in [3.8, 4) is 0 Å². The molecule has 72 heavy (non-hydrogen) atoms. The zero-order chi connectivity index (χ0) is 52.2. The Labute approximate surface area is 444 Å². The van der Waals surface area contributed by atoms with Crippen molar-refractivity contribution in [1.82, 2.24) is 24.2 Å². The Morgan fingerprint density at radius 1 is 0.847 bits per heavy atom. The molecule has 2 aromatic heterocycles. The van der Waals surface area contributed by atoms with Gasteiger partial charge in [-0.25, -0.2) is 21.5 Å². The molecule has 382 valence electrons. The lowest BCUT2D eigenvalue weighted by atomic mass is 9.79. The molecule has 3 heterocycles. The molecule has 1 amide bonds. The molecule has 6 aromatic rings. The molecule has 12 nitrogen and oxygen atoms in total. The van der Waals surface area contributed by atoms with E-state index in [1.54, 1.807) is 18.5 Å². The van der Waals surface area contributed by atoms with Crippen LogP contribution in [0.5, 0.6) is 0 Å². The fourth-order valence-corrected chi connectivity index (χ4v) is 12.4. The van der Waals surface area contributed by atoms with Crippen LogP contribution >= 0.6 is 8.30 Å². The number of fused-ring (bicyclic) bond motifs is 1. The summed E-state index contributed by atoms with van der Waals surface area (Å²) in [6.07, 6.45) is 1.77. The van der Waals surface area contributed by atoms with Crippen molar-refractivity contribution in [3.05, 3.63) is 167 Å². The van der Waals surface area contributed by atoms with Crippen molar-refractivity contribution in [2.24, 2.45) is 0 Å². The summed E-state index contributed by atoms with van der Waals surface area (Å²) in [5.41, 5.74) is 5.56. The topological polar surface area (TPSA) is 117 Å². The van der Waals surface area contributed by atoms with Gasteiger partial charge in [0.25, 0.3) is 5.91 Å². The summed E-state index contributed by atoms with van der Waals surface area (Å²) in [7, 11) is -1.53. The van der Waals surface area contributed by atoms with E-state index in [1.807, 2.05) is 28.8 Å². The number of amides is 1. The van der Waals surface area contributed by atoms with Gasteiger partial charge >= 0.3 is 0 Å². The summed E-state index contributed by atoms with van der Waals surface area (Å²) in [6.45, 7) is 32.4. The number of ether oxygens (including phenoxy) is 2. The lowest BCUT2D eigenvalue weighted by Crippen LogP contribution is -2.50. The largest absolute Gasteiger partial charge is 0.407 e. The highest BCUT2D eigenvalue weighted by Crippen LogP contribution is 2.52. The maximum absolute atomic E-state index is 13.5. The van der Waals surface area contributed by atoms with Gasteiger partial charge in [-0.05, 0) is 88.5 Å². The Morgan fingerprint density at radius 2 is 1.40 bits per heavy atom. The zero-order valence-electron chi connectivity index (χ0n) is 43.1. The van der Waals surface area contributed by atoms with Crippen molar-refractivity contribution >= 4 is 79.6 Å². The molecular weight excluding hydrogens is 1010 g/mol. The molecule has 1 aliphatic rings. The fourth-order valence-electron chi connectivity index (χ4n) is 8.70. The second-order valence-electron chi connectivity index (χ2n) is 19.9. The average Bonchev–Trinajstić information content (AvgIpc) is 3.93. The second-order valence-corrected chi connectivity index (χ2v) is 30.1. The Morgan fingerprint density at radius 3 is 1.93 bits per heavy atom. The third-order valence-corrected chi connectivity index (χ3v) is 22.5. The quantitative estimate of drug-likeness (QED) is 0.0275. The molecule has 0 spiro atoms. The molecule has 1 aliphatic heterocycles. The molecule has 0 radical (unpaired) electrons. The summed E-state index contributed by atoms with van der Waals surface area (Å²) in [4.78, 5) is 31.3. The number of benzene rings is 4. The van der Waals surface area contributed by atoms with E-state index in [-0.39, 0.29) is 35.5 Å². The summed E-state index contributed by atoms with van der Waals surface area (Å²) < 4.78 is 34.7. The van der Waals surface area contributed by atoms with Crippen LogP contribution in [0.15, 0.2) is 122 Å². The minimum atomic E-state index is -2.59. The molecule has 0 saturated carbocycles. The smallest absolute Gasteiger partial charge is 0.256 e. The maximum Gasteiger partial charge on any atom is 0.256 e. The highest BCUT2D eigenvalue weighted by Gasteiger charge is 2.54. The van der Waals surface area contributed by atoms with Gasteiger partial charge in [-0.1, -0.05) is 129 Å². The normalized spacial score (nSPS) is 17.6. The van der Waals surface area contributed by atoms with Crippen molar-refractivity contribution < 1.29 is 23.2 Å². The van der Waals surface area contributed by atoms with E-state index in [4.69, 9.17) is 35.0 Å². The lowest BCUT2D eigenvalue weighted by molar-refractivity contribution is -0.0918. The van der Waals surface area contributed by atoms with Crippen LogP contribution in [0.4, 0.5) is 5.82 Å². The van der Waals surface area contributed by atoms with Gasteiger partial charge in [0.05, 0.1) is 12.9 Å². The molecule has 5 atom stereocenters. The molecule has 1 N–H and O–H groups in total. The number of nitrogens with one attached hydrogen (secondary N) is 1. The van der Waals surface area contributed by atoms with E-state index in [9.17, 15) is 4.79 Å². The number of aromatic nitrogens is 4. The van der Waals surface area contributed by atoms with Crippen LogP contribution < -0.4 is 5.32 Å². The van der Waals surface area contributed by atoms with Crippen LogP contribution in [0, 0.1) is 20.4 Å². The van der Waals surface area contributed by atoms with Crippen molar-refractivity contribution in [2.75, 3.05) is 24.6 Å². The third kappa shape index (κ3) is 13.5. The first-order valence-corrected chi connectivity index (χ1v) is 32.5. The number of hydrogen-bond acceptors (Lipinski definition) is 11. The number of imidazole rings is 1. The SMILES string of the molecule is S=S=S=S.[C-]#[N+]CCCP(OC1[C@@H](COC(c2ccccc2)(c2ccc(C)cc2)c2ccc(C)cc2)O[C@@H](n2cnc3c(NC(=O)c4ccccc4)ncnc32)[C@H]1O[Si](C)(C)C(C)(C)C)N(C(C)C)C(C)C. The van der Waals surface area contributed by atoms with Crippen LogP contribution in [0.1, 0.15) is 99.3 Å². The number of hydrogen-bond donors (Lipinski definition) is 1. The predicted molar refractivity (Wildman–Crippen MR) is 305 cm³/mol. The van der Waals surface area contributed by atoms with Crippen LogP contribution in [0.25, 0.3) is 16.0 Å². The number of anilines is 1. The Balaban J connectivity index is 0.00000204. The molecular formula is C54H68N7O5PS4Si. The van der Waals surface area contributed by atoms with E-state index in [0.29, 0.717) is 35.9 Å². The number of nitrogens with zero attached hydrogens (tertiary/aromatic N) is 6. The van der Waals surface area contributed by atoms with Crippen molar-refractivity contribution in [1.29, 1.82) is 0 Å². The second kappa shape index (κ2) is 25.8.